The third-order valence-corrected chi connectivity index (χ3v) is 4.94. The number of nitrogens with zero attached hydrogens (tertiary/aromatic N) is 2. The highest BCUT2D eigenvalue weighted by atomic mass is 32.1. The van der Waals surface area contributed by atoms with Gasteiger partial charge in [-0.25, -0.2) is 4.98 Å². The lowest BCUT2D eigenvalue weighted by Crippen LogP contribution is -2.38. The van der Waals surface area contributed by atoms with Crippen LogP contribution in [0.2, 0.25) is 0 Å². The van der Waals surface area contributed by atoms with Crippen molar-refractivity contribution >= 4 is 28.6 Å². The summed E-state index contributed by atoms with van der Waals surface area (Å²) >= 11 is 3.50. The summed E-state index contributed by atoms with van der Waals surface area (Å²) in [7, 11) is 1.79. The molecule has 2 aromatic rings. The molecule has 0 aromatic carbocycles. The van der Waals surface area contributed by atoms with Crippen molar-refractivity contribution in [1.29, 1.82) is 0 Å². The summed E-state index contributed by atoms with van der Waals surface area (Å²) in [5, 5.41) is 9.89. The fourth-order valence-electron chi connectivity index (χ4n) is 1.80. The van der Waals surface area contributed by atoms with Gasteiger partial charge in [-0.05, 0) is 18.4 Å². The summed E-state index contributed by atoms with van der Waals surface area (Å²) in [6, 6.07) is 4.27. The van der Waals surface area contributed by atoms with E-state index in [1.165, 1.54) is 9.75 Å². The van der Waals surface area contributed by atoms with Crippen molar-refractivity contribution in [2.75, 3.05) is 13.6 Å². The summed E-state index contributed by atoms with van der Waals surface area (Å²) in [6.45, 7) is 5.88. The third kappa shape index (κ3) is 4.31. The lowest BCUT2D eigenvalue weighted by molar-refractivity contribution is 0.709. The number of hydrogen-bond acceptors (Lipinski definition) is 4. The van der Waals surface area contributed by atoms with Crippen LogP contribution in [0.25, 0.3) is 0 Å². The average molecular weight is 308 g/mol. The van der Waals surface area contributed by atoms with Crippen LogP contribution < -0.4 is 10.6 Å². The van der Waals surface area contributed by atoms with E-state index in [1.54, 1.807) is 29.7 Å². The zero-order valence-electron chi connectivity index (χ0n) is 12.0. The van der Waals surface area contributed by atoms with Crippen LogP contribution in [0.4, 0.5) is 0 Å². The molecule has 108 valence electrons. The monoisotopic (exact) mass is 308 g/mol. The number of rotatable bonds is 5. The number of thiophene rings is 1. The van der Waals surface area contributed by atoms with E-state index in [0.29, 0.717) is 5.92 Å². The van der Waals surface area contributed by atoms with Crippen LogP contribution in [0.3, 0.4) is 0 Å². The standard InChI is InChI=1S/C14H20N4S2/c1-10(13-5-4-6-19-13)7-17-14(15-3)18-9-12-8-16-11(2)20-12/h4-6,8,10H,7,9H2,1-3H3,(H2,15,17,18). The van der Waals surface area contributed by atoms with Crippen LogP contribution in [0.1, 0.15) is 27.6 Å². The molecule has 0 spiro atoms. The van der Waals surface area contributed by atoms with Crippen LogP contribution in [-0.4, -0.2) is 24.5 Å². The zero-order valence-corrected chi connectivity index (χ0v) is 13.6. The first-order valence-electron chi connectivity index (χ1n) is 6.58. The van der Waals surface area contributed by atoms with Crippen molar-refractivity contribution in [2.24, 2.45) is 4.99 Å². The molecule has 2 aromatic heterocycles. The van der Waals surface area contributed by atoms with Gasteiger partial charge in [0.15, 0.2) is 5.96 Å². The molecule has 4 nitrogen and oxygen atoms in total. The second kappa shape index (κ2) is 7.40. The van der Waals surface area contributed by atoms with Gasteiger partial charge in [0.2, 0.25) is 0 Å². The molecule has 1 unspecified atom stereocenters. The molecule has 0 aliphatic rings. The predicted molar refractivity (Wildman–Crippen MR) is 87.8 cm³/mol. The summed E-state index contributed by atoms with van der Waals surface area (Å²) in [5.41, 5.74) is 0. The fourth-order valence-corrected chi connectivity index (χ4v) is 3.32. The van der Waals surface area contributed by atoms with Gasteiger partial charge in [-0.1, -0.05) is 13.0 Å². The number of aryl methyl sites for hydroxylation is 1. The van der Waals surface area contributed by atoms with Gasteiger partial charge in [0, 0.05) is 35.5 Å². The van der Waals surface area contributed by atoms with E-state index in [4.69, 9.17) is 0 Å². The molecule has 0 aliphatic carbocycles. The number of hydrogen-bond donors (Lipinski definition) is 2. The van der Waals surface area contributed by atoms with Crippen molar-refractivity contribution in [3.8, 4) is 0 Å². The van der Waals surface area contributed by atoms with E-state index >= 15 is 0 Å². The Kier molecular flexibility index (Phi) is 5.55. The number of aromatic nitrogens is 1. The van der Waals surface area contributed by atoms with Crippen molar-refractivity contribution in [3.05, 3.63) is 38.5 Å². The van der Waals surface area contributed by atoms with Gasteiger partial charge >= 0.3 is 0 Å². The molecule has 0 bridgehead atoms. The average Bonchev–Trinajstić information content (AvgIpc) is 3.10. The topological polar surface area (TPSA) is 49.3 Å². The maximum atomic E-state index is 4.25. The van der Waals surface area contributed by atoms with Crippen LogP contribution >= 0.6 is 22.7 Å². The van der Waals surface area contributed by atoms with E-state index < -0.39 is 0 Å². The van der Waals surface area contributed by atoms with Crippen molar-refractivity contribution in [2.45, 2.75) is 26.3 Å². The molecular formula is C14H20N4S2. The van der Waals surface area contributed by atoms with Crippen LogP contribution in [0.5, 0.6) is 0 Å². The second-order valence-corrected chi connectivity index (χ2v) is 6.87. The van der Waals surface area contributed by atoms with Gasteiger partial charge in [0.1, 0.15) is 0 Å². The van der Waals surface area contributed by atoms with Gasteiger partial charge in [-0.15, -0.1) is 22.7 Å². The first kappa shape index (κ1) is 15.0. The van der Waals surface area contributed by atoms with E-state index in [-0.39, 0.29) is 0 Å². The minimum Gasteiger partial charge on any atom is -0.356 e. The first-order valence-corrected chi connectivity index (χ1v) is 8.28. The lowest BCUT2D eigenvalue weighted by Gasteiger charge is -2.14. The number of aliphatic imine (C=N–C) groups is 1. The highest BCUT2D eigenvalue weighted by Gasteiger charge is 2.07. The van der Waals surface area contributed by atoms with Crippen LogP contribution in [0.15, 0.2) is 28.7 Å². The summed E-state index contributed by atoms with van der Waals surface area (Å²) in [4.78, 5) is 11.1. The quantitative estimate of drug-likeness (QED) is 0.659. The Morgan fingerprint density at radius 3 is 2.90 bits per heavy atom. The first-order chi connectivity index (χ1) is 9.69. The zero-order chi connectivity index (χ0) is 14.4. The van der Waals surface area contributed by atoms with E-state index in [9.17, 15) is 0 Å². The smallest absolute Gasteiger partial charge is 0.191 e. The van der Waals surface area contributed by atoms with Gasteiger partial charge in [0.05, 0.1) is 11.6 Å². The molecule has 6 heteroatoms. The molecule has 2 rings (SSSR count). The van der Waals surface area contributed by atoms with Crippen molar-refractivity contribution < 1.29 is 0 Å². The number of nitrogens with one attached hydrogen (secondary N) is 2. The molecule has 0 fully saturated rings. The minimum atomic E-state index is 0.485. The molecule has 0 saturated carbocycles. The van der Waals surface area contributed by atoms with Gasteiger partial charge in [-0.2, -0.15) is 0 Å². The highest BCUT2D eigenvalue weighted by Crippen LogP contribution is 2.19. The fraction of sp³-hybridized carbons (Fsp3) is 0.429. The summed E-state index contributed by atoms with van der Waals surface area (Å²) in [6.07, 6.45) is 1.91. The Hall–Kier alpha value is -1.40. The molecule has 2 heterocycles. The van der Waals surface area contributed by atoms with Crippen LogP contribution in [0, 0.1) is 6.92 Å². The molecule has 20 heavy (non-hydrogen) atoms. The van der Waals surface area contributed by atoms with E-state index in [0.717, 1.165) is 24.1 Å². The molecular weight excluding hydrogens is 288 g/mol. The molecule has 2 N–H and O–H groups in total. The van der Waals surface area contributed by atoms with Crippen molar-refractivity contribution in [1.82, 2.24) is 15.6 Å². The van der Waals surface area contributed by atoms with Gasteiger partial charge in [-0.3, -0.25) is 4.99 Å². The van der Waals surface area contributed by atoms with Gasteiger partial charge in [0.25, 0.3) is 0 Å². The maximum Gasteiger partial charge on any atom is 0.191 e. The molecule has 0 aliphatic heterocycles. The largest absolute Gasteiger partial charge is 0.356 e. The van der Waals surface area contributed by atoms with Crippen LogP contribution in [-0.2, 0) is 6.54 Å². The third-order valence-electron chi connectivity index (χ3n) is 2.93. The summed E-state index contributed by atoms with van der Waals surface area (Å²) in [5.74, 6) is 1.32. The summed E-state index contributed by atoms with van der Waals surface area (Å²) < 4.78 is 0. The Balaban J connectivity index is 1.78. The number of thiazole rings is 1. The molecule has 1 atom stereocenters. The highest BCUT2D eigenvalue weighted by molar-refractivity contribution is 7.11. The Bertz CT molecular complexity index is 545. The molecule has 0 radical (unpaired) electrons. The lowest BCUT2D eigenvalue weighted by atomic mass is 10.1. The SMILES string of the molecule is CN=C(NCc1cnc(C)s1)NCC(C)c1cccs1. The number of guanidine groups is 1. The van der Waals surface area contributed by atoms with E-state index in [1.807, 2.05) is 13.1 Å². The Morgan fingerprint density at radius 2 is 2.30 bits per heavy atom. The van der Waals surface area contributed by atoms with Crippen molar-refractivity contribution in [3.63, 3.8) is 0 Å². The maximum absolute atomic E-state index is 4.25. The predicted octanol–water partition coefficient (Wildman–Crippen LogP) is 2.98. The Morgan fingerprint density at radius 1 is 1.45 bits per heavy atom. The molecule has 0 amide bonds. The van der Waals surface area contributed by atoms with Gasteiger partial charge < -0.3 is 10.6 Å². The molecule has 0 saturated heterocycles. The van der Waals surface area contributed by atoms with E-state index in [2.05, 4.69) is 45.0 Å². The normalized spacial score (nSPS) is 13.2. The Labute approximate surface area is 128 Å². The second-order valence-electron chi connectivity index (χ2n) is 4.57. The minimum absolute atomic E-state index is 0.485.